The molecular formula is C20H21ClN4O3S. The van der Waals surface area contributed by atoms with Gasteiger partial charge in [-0.2, -0.15) is 0 Å². The normalized spacial score (nSPS) is 12.5. The van der Waals surface area contributed by atoms with Crippen molar-refractivity contribution < 1.29 is 13.2 Å². The van der Waals surface area contributed by atoms with E-state index in [1.807, 2.05) is 13.0 Å². The molecule has 3 rings (SSSR count). The largest absolute Gasteiger partial charge is 0.298 e. The molecule has 9 heteroatoms. The van der Waals surface area contributed by atoms with Crippen LogP contribution >= 0.6 is 11.6 Å². The number of rotatable bonds is 7. The van der Waals surface area contributed by atoms with Crippen LogP contribution in [-0.2, 0) is 10.0 Å². The topological polar surface area (TPSA) is 100 Å². The number of amides is 1. The Morgan fingerprint density at radius 1 is 1.14 bits per heavy atom. The van der Waals surface area contributed by atoms with Gasteiger partial charge in [-0.1, -0.05) is 18.5 Å². The zero-order valence-electron chi connectivity index (χ0n) is 15.9. The van der Waals surface area contributed by atoms with E-state index >= 15 is 0 Å². The van der Waals surface area contributed by atoms with Crippen molar-refractivity contribution in [3.05, 3.63) is 65.3 Å². The van der Waals surface area contributed by atoms with E-state index in [1.54, 1.807) is 31.3 Å². The summed E-state index contributed by atoms with van der Waals surface area (Å²) in [6.07, 6.45) is 2.29. The summed E-state index contributed by atoms with van der Waals surface area (Å²) in [6.45, 7) is 3.69. The molecule has 0 bridgehead atoms. The monoisotopic (exact) mass is 432 g/mol. The Morgan fingerprint density at radius 3 is 2.55 bits per heavy atom. The van der Waals surface area contributed by atoms with E-state index in [4.69, 9.17) is 11.6 Å². The fraction of sp³-hybridized carbons (Fsp3) is 0.200. The van der Waals surface area contributed by atoms with Gasteiger partial charge in [-0.15, -0.1) is 0 Å². The highest BCUT2D eigenvalue weighted by Gasteiger charge is 2.17. The van der Waals surface area contributed by atoms with E-state index < -0.39 is 15.9 Å². The Kier molecular flexibility index (Phi) is 6.36. The van der Waals surface area contributed by atoms with Gasteiger partial charge in [0.1, 0.15) is 0 Å². The lowest BCUT2D eigenvalue weighted by Gasteiger charge is -2.13. The van der Waals surface area contributed by atoms with Crippen LogP contribution in [-0.4, -0.2) is 25.4 Å². The molecule has 7 nitrogen and oxygen atoms in total. The fourth-order valence-electron chi connectivity index (χ4n) is 2.63. The van der Waals surface area contributed by atoms with E-state index in [0.29, 0.717) is 28.2 Å². The number of benzene rings is 2. The molecule has 1 heterocycles. The molecule has 0 radical (unpaired) electrons. The predicted octanol–water partition coefficient (Wildman–Crippen LogP) is 3.72. The first-order valence-electron chi connectivity index (χ1n) is 9.03. The van der Waals surface area contributed by atoms with Crippen molar-refractivity contribution >= 4 is 44.1 Å². The lowest BCUT2D eigenvalue weighted by atomic mass is 10.2. The van der Waals surface area contributed by atoms with Crippen LogP contribution in [0.5, 0.6) is 0 Å². The molecule has 152 valence electrons. The highest BCUT2D eigenvalue weighted by atomic mass is 35.5. The lowest BCUT2D eigenvalue weighted by molar-refractivity contribution is 0.0962. The van der Waals surface area contributed by atoms with Gasteiger partial charge in [-0.3, -0.25) is 20.6 Å². The number of hydrazine groups is 1. The first kappa shape index (κ1) is 21.0. The fourth-order valence-corrected chi connectivity index (χ4v) is 4.12. The van der Waals surface area contributed by atoms with Crippen molar-refractivity contribution in [2.45, 2.75) is 31.2 Å². The average molecular weight is 433 g/mol. The van der Waals surface area contributed by atoms with Gasteiger partial charge >= 0.3 is 0 Å². The minimum atomic E-state index is -3.61. The Labute approximate surface area is 174 Å². The van der Waals surface area contributed by atoms with Crippen molar-refractivity contribution in [1.29, 1.82) is 0 Å². The molecule has 0 aliphatic heterocycles. The van der Waals surface area contributed by atoms with Gasteiger partial charge in [-0.25, -0.2) is 13.1 Å². The number of halogens is 1. The van der Waals surface area contributed by atoms with Gasteiger partial charge in [0.25, 0.3) is 5.91 Å². The summed E-state index contributed by atoms with van der Waals surface area (Å²) < 4.78 is 27.2. The van der Waals surface area contributed by atoms with E-state index in [2.05, 4.69) is 20.6 Å². The van der Waals surface area contributed by atoms with Gasteiger partial charge in [0.2, 0.25) is 10.0 Å². The van der Waals surface area contributed by atoms with Crippen LogP contribution in [0.2, 0.25) is 5.02 Å². The molecule has 0 unspecified atom stereocenters. The highest BCUT2D eigenvalue weighted by Crippen LogP contribution is 2.23. The Bertz CT molecular complexity index is 1130. The maximum Gasteiger partial charge on any atom is 0.269 e. The molecule has 0 aliphatic rings. The minimum absolute atomic E-state index is 0.110. The number of nitrogens with zero attached hydrogens (tertiary/aromatic N) is 1. The third kappa shape index (κ3) is 5.03. The number of carbonyl (C=O) groups is 1. The Balaban J connectivity index is 1.71. The maximum atomic E-state index is 12.4. The third-order valence-electron chi connectivity index (χ3n) is 4.41. The van der Waals surface area contributed by atoms with Crippen molar-refractivity contribution in [1.82, 2.24) is 15.1 Å². The number of fused-ring (bicyclic) bond motifs is 1. The standard InChI is InChI=1S/C20H21ClN4O3S/c1-3-13(2)25-29(27,28)16-7-4-14(5-8-16)20(26)24-23-18-10-11-22-19-12-15(21)6-9-17(18)19/h4-13,25H,3H2,1-2H3,(H,22,23)(H,24,26)/t13-/m0/s1. The molecule has 2 aromatic carbocycles. The third-order valence-corrected chi connectivity index (χ3v) is 6.25. The van der Waals surface area contributed by atoms with E-state index in [0.717, 1.165) is 5.39 Å². The van der Waals surface area contributed by atoms with Crippen molar-refractivity contribution in [2.24, 2.45) is 0 Å². The average Bonchev–Trinajstić information content (AvgIpc) is 2.71. The zero-order chi connectivity index (χ0) is 21.0. The van der Waals surface area contributed by atoms with Gasteiger partial charge in [0, 0.05) is 28.2 Å². The lowest BCUT2D eigenvalue weighted by Crippen LogP contribution is -2.32. The number of pyridine rings is 1. The van der Waals surface area contributed by atoms with Gasteiger partial charge in [0.15, 0.2) is 0 Å². The first-order chi connectivity index (χ1) is 13.8. The van der Waals surface area contributed by atoms with Crippen LogP contribution in [0.1, 0.15) is 30.6 Å². The van der Waals surface area contributed by atoms with Crippen molar-refractivity contribution in [2.75, 3.05) is 5.43 Å². The van der Waals surface area contributed by atoms with Crippen LogP contribution in [0, 0.1) is 0 Å². The molecule has 29 heavy (non-hydrogen) atoms. The van der Waals surface area contributed by atoms with Gasteiger partial charge in [0.05, 0.1) is 16.1 Å². The summed E-state index contributed by atoms with van der Waals surface area (Å²) in [5.74, 6) is -0.400. The van der Waals surface area contributed by atoms with E-state index in [1.165, 1.54) is 24.3 Å². The summed E-state index contributed by atoms with van der Waals surface area (Å²) in [5, 5.41) is 1.37. The molecule has 1 atom stereocenters. The number of aromatic nitrogens is 1. The summed E-state index contributed by atoms with van der Waals surface area (Å²) >= 11 is 5.98. The molecule has 1 amide bonds. The second-order valence-corrected chi connectivity index (χ2v) is 8.70. The summed E-state index contributed by atoms with van der Waals surface area (Å²) in [7, 11) is -3.61. The van der Waals surface area contributed by atoms with Crippen LogP contribution in [0.25, 0.3) is 10.9 Å². The summed E-state index contributed by atoms with van der Waals surface area (Å²) in [5.41, 5.74) is 7.16. The molecule has 0 fully saturated rings. The van der Waals surface area contributed by atoms with Crippen molar-refractivity contribution in [3.8, 4) is 0 Å². The number of nitrogens with one attached hydrogen (secondary N) is 3. The Hall–Kier alpha value is -2.68. The minimum Gasteiger partial charge on any atom is -0.298 e. The molecule has 3 N–H and O–H groups in total. The number of carbonyl (C=O) groups excluding carboxylic acids is 1. The number of sulfonamides is 1. The summed E-state index contributed by atoms with van der Waals surface area (Å²) in [4.78, 5) is 16.8. The van der Waals surface area contributed by atoms with Crippen LogP contribution in [0.15, 0.2) is 59.6 Å². The molecule has 0 saturated heterocycles. The second-order valence-electron chi connectivity index (χ2n) is 6.55. The molecule has 1 aromatic heterocycles. The molecule has 0 aliphatic carbocycles. The molecule has 0 saturated carbocycles. The molecule has 3 aromatic rings. The SMILES string of the molecule is CC[C@H](C)NS(=O)(=O)c1ccc(C(=O)NNc2ccnc3cc(Cl)ccc23)cc1. The highest BCUT2D eigenvalue weighted by molar-refractivity contribution is 7.89. The molecular weight excluding hydrogens is 412 g/mol. The van der Waals surface area contributed by atoms with Crippen LogP contribution in [0.3, 0.4) is 0 Å². The maximum absolute atomic E-state index is 12.4. The predicted molar refractivity (Wildman–Crippen MR) is 114 cm³/mol. The van der Waals surface area contributed by atoms with Crippen molar-refractivity contribution in [3.63, 3.8) is 0 Å². The van der Waals surface area contributed by atoms with Crippen LogP contribution < -0.4 is 15.6 Å². The van der Waals surface area contributed by atoms with E-state index in [-0.39, 0.29) is 10.9 Å². The van der Waals surface area contributed by atoms with Gasteiger partial charge in [-0.05, 0) is 61.9 Å². The number of anilines is 1. The van der Waals surface area contributed by atoms with Crippen LogP contribution in [0.4, 0.5) is 5.69 Å². The second kappa shape index (κ2) is 8.77. The number of hydrogen-bond donors (Lipinski definition) is 3. The summed E-state index contributed by atoms with van der Waals surface area (Å²) in [6, 6.07) is 12.6. The Morgan fingerprint density at radius 2 is 1.86 bits per heavy atom. The van der Waals surface area contributed by atoms with E-state index in [9.17, 15) is 13.2 Å². The first-order valence-corrected chi connectivity index (χ1v) is 10.9. The number of hydrogen-bond acceptors (Lipinski definition) is 5. The zero-order valence-corrected chi connectivity index (χ0v) is 17.5. The smallest absolute Gasteiger partial charge is 0.269 e. The van der Waals surface area contributed by atoms with Gasteiger partial charge < -0.3 is 0 Å². The molecule has 0 spiro atoms. The quantitative estimate of drug-likeness (QED) is 0.494.